The maximum Gasteiger partial charge on any atom is 0.156 e. The number of hydrogen-bond acceptors (Lipinski definition) is 4. The first-order chi connectivity index (χ1) is 7.69. The average Bonchev–Trinajstić information content (AvgIpc) is 2.35. The largest absolute Gasteiger partial charge is 0.409 e. The fourth-order valence-corrected chi connectivity index (χ4v) is 1.53. The van der Waals surface area contributed by atoms with Crippen molar-refractivity contribution in [1.82, 2.24) is 10.3 Å². The van der Waals surface area contributed by atoms with Gasteiger partial charge in [0.25, 0.3) is 0 Å². The average molecular weight is 222 g/mol. The molecule has 0 aliphatic carbocycles. The maximum absolute atomic E-state index is 8.63. The summed E-state index contributed by atoms with van der Waals surface area (Å²) in [5.41, 5.74) is 6.70. The highest BCUT2D eigenvalue weighted by molar-refractivity contribution is 5.85. The van der Waals surface area contributed by atoms with Crippen molar-refractivity contribution in [3.8, 4) is 0 Å². The molecule has 0 radical (unpaired) electrons. The molecule has 0 saturated carbocycles. The Balaban J connectivity index is 2.66. The van der Waals surface area contributed by atoms with Crippen molar-refractivity contribution < 1.29 is 5.21 Å². The highest BCUT2D eigenvalue weighted by Crippen LogP contribution is 2.11. The lowest BCUT2D eigenvalue weighted by Crippen LogP contribution is -2.42. The van der Waals surface area contributed by atoms with E-state index in [-0.39, 0.29) is 17.9 Å². The van der Waals surface area contributed by atoms with Crippen LogP contribution in [0.2, 0.25) is 0 Å². The number of oxime groups is 1. The summed E-state index contributed by atoms with van der Waals surface area (Å²) in [5, 5.41) is 14.9. The Morgan fingerprint density at radius 3 is 2.69 bits per heavy atom. The summed E-state index contributed by atoms with van der Waals surface area (Å²) in [7, 11) is 0. The predicted octanol–water partition coefficient (Wildman–Crippen LogP) is 1.26. The summed E-state index contributed by atoms with van der Waals surface area (Å²) in [6, 6.07) is 3.90. The molecule has 0 spiro atoms. The third-order valence-corrected chi connectivity index (χ3v) is 2.54. The van der Waals surface area contributed by atoms with Crippen molar-refractivity contribution in [2.45, 2.75) is 32.4 Å². The Kier molecular flexibility index (Phi) is 4.72. The van der Waals surface area contributed by atoms with Gasteiger partial charge in [0.15, 0.2) is 5.84 Å². The number of nitrogens with zero attached hydrogens (tertiary/aromatic N) is 2. The summed E-state index contributed by atoms with van der Waals surface area (Å²) >= 11 is 0. The smallest absolute Gasteiger partial charge is 0.156 e. The number of aromatic nitrogens is 1. The van der Waals surface area contributed by atoms with Gasteiger partial charge in [-0.2, -0.15) is 0 Å². The van der Waals surface area contributed by atoms with Crippen LogP contribution in [0.15, 0.2) is 29.7 Å². The minimum Gasteiger partial charge on any atom is -0.409 e. The van der Waals surface area contributed by atoms with E-state index in [1.807, 2.05) is 26.0 Å². The van der Waals surface area contributed by atoms with E-state index in [1.54, 1.807) is 12.4 Å². The second kappa shape index (κ2) is 6.07. The van der Waals surface area contributed by atoms with Gasteiger partial charge in [-0.25, -0.2) is 0 Å². The molecule has 1 unspecified atom stereocenters. The molecule has 5 heteroatoms. The summed E-state index contributed by atoms with van der Waals surface area (Å²) in [6.45, 7) is 4.01. The van der Waals surface area contributed by atoms with Crippen LogP contribution in [-0.4, -0.2) is 22.1 Å². The van der Waals surface area contributed by atoms with E-state index in [0.717, 1.165) is 12.0 Å². The molecule has 0 bridgehead atoms. The molecule has 2 atom stereocenters. The van der Waals surface area contributed by atoms with Crippen molar-refractivity contribution >= 4 is 5.84 Å². The van der Waals surface area contributed by atoms with Crippen LogP contribution < -0.4 is 11.1 Å². The highest BCUT2D eigenvalue weighted by Gasteiger charge is 2.15. The Morgan fingerprint density at radius 1 is 1.56 bits per heavy atom. The van der Waals surface area contributed by atoms with E-state index in [9.17, 15) is 0 Å². The van der Waals surface area contributed by atoms with Gasteiger partial charge >= 0.3 is 0 Å². The molecule has 4 N–H and O–H groups in total. The normalized spacial score (nSPS) is 15.8. The molecular formula is C11H18N4O. The summed E-state index contributed by atoms with van der Waals surface area (Å²) < 4.78 is 0. The highest BCUT2D eigenvalue weighted by atomic mass is 16.4. The second-order valence-corrected chi connectivity index (χ2v) is 3.65. The number of nitrogens with two attached hydrogens (primary N) is 1. The molecule has 1 rings (SSSR count). The van der Waals surface area contributed by atoms with Crippen LogP contribution in [-0.2, 0) is 0 Å². The van der Waals surface area contributed by atoms with E-state index in [4.69, 9.17) is 10.9 Å². The van der Waals surface area contributed by atoms with Gasteiger partial charge in [-0.1, -0.05) is 12.1 Å². The van der Waals surface area contributed by atoms with Crippen molar-refractivity contribution in [2.75, 3.05) is 0 Å². The zero-order chi connectivity index (χ0) is 12.0. The maximum atomic E-state index is 8.63. The molecule has 0 aliphatic heterocycles. The quantitative estimate of drug-likeness (QED) is 0.303. The van der Waals surface area contributed by atoms with Crippen LogP contribution in [0, 0.1) is 0 Å². The van der Waals surface area contributed by atoms with Gasteiger partial charge < -0.3 is 16.3 Å². The Labute approximate surface area is 95.4 Å². The molecule has 88 valence electrons. The molecule has 0 fully saturated rings. The first-order valence-electron chi connectivity index (χ1n) is 5.32. The summed E-state index contributed by atoms with van der Waals surface area (Å²) in [6.07, 6.45) is 4.27. The van der Waals surface area contributed by atoms with Gasteiger partial charge in [0, 0.05) is 18.4 Å². The lowest BCUT2D eigenvalue weighted by atomic mass is 10.1. The molecule has 1 aromatic heterocycles. The van der Waals surface area contributed by atoms with Gasteiger partial charge in [0.1, 0.15) is 0 Å². The van der Waals surface area contributed by atoms with Crippen LogP contribution in [0.5, 0.6) is 0 Å². The number of rotatable bonds is 5. The van der Waals surface area contributed by atoms with Gasteiger partial charge in [0.2, 0.25) is 0 Å². The van der Waals surface area contributed by atoms with E-state index in [1.165, 1.54) is 0 Å². The SMILES string of the molecule is CCC(N[C@H](C)c1ccncc1)/C(N)=N/O. The fourth-order valence-electron chi connectivity index (χ4n) is 1.53. The topological polar surface area (TPSA) is 83.5 Å². The minimum absolute atomic E-state index is 0.117. The van der Waals surface area contributed by atoms with Crippen molar-refractivity contribution in [1.29, 1.82) is 0 Å². The predicted molar refractivity (Wildman–Crippen MR) is 63.3 cm³/mol. The van der Waals surface area contributed by atoms with Crippen molar-refractivity contribution in [3.63, 3.8) is 0 Å². The van der Waals surface area contributed by atoms with Gasteiger partial charge in [-0.15, -0.1) is 0 Å². The lowest BCUT2D eigenvalue weighted by molar-refractivity contribution is 0.313. The Morgan fingerprint density at radius 2 is 2.19 bits per heavy atom. The van der Waals surface area contributed by atoms with Gasteiger partial charge in [-0.05, 0) is 31.0 Å². The third kappa shape index (κ3) is 3.20. The van der Waals surface area contributed by atoms with Crippen LogP contribution >= 0.6 is 0 Å². The number of nitrogens with one attached hydrogen (secondary N) is 1. The molecule has 1 aromatic rings. The molecule has 0 amide bonds. The van der Waals surface area contributed by atoms with Crippen LogP contribution in [0.25, 0.3) is 0 Å². The lowest BCUT2D eigenvalue weighted by Gasteiger charge is -2.21. The fraction of sp³-hybridized carbons (Fsp3) is 0.455. The molecule has 1 heterocycles. The Hall–Kier alpha value is -1.62. The van der Waals surface area contributed by atoms with E-state index in [0.29, 0.717) is 0 Å². The zero-order valence-corrected chi connectivity index (χ0v) is 9.59. The molecule has 0 aliphatic rings. The number of pyridine rings is 1. The summed E-state index contributed by atoms with van der Waals surface area (Å²) in [5.74, 6) is 0.211. The van der Waals surface area contributed by atoms with Crippen molar-refractivity contribution in [3.05, 3.63) is 30.1 Å². The first kappa shape index (κ1) is 12.4. The van der Waals surface area contributed by atoms with Gasteiger partial charge in [0.05, 0.1) is 6.04 Å². The third-order valence-electron chi connectivity index (χ3n) is 2.54. The number of hydrogen-bond donors (Lipinski definition) is 3. The Bertz CT molecular complexity index is 339. The standard InChI is InChI=1S/C11H18N4O/c1-3-10(11(12)15-16)14-8(2)9-4-6-13-7-5-9/h4-8,10,14,16H,3H2,1-2H3,(H2,12,15)/t8-,10?/m1/s1. The van der Waals surface area contributed by atoms with E-state index in [2.05, 4.69) is 15.5 Å². The van der Waals surface area contributed by atoms with Crippen molar-refractivity contribution in [2.24, 2.45) is 10.9 Å². The molecular weight excluding hydrogens is 204 g/mol. The molecule has 0 saturated heterocycles. The minimum atomic E-state index is -0.117. The monoisotopic (exact) mass is 222 g/mol. The van der Waals surface area contributed by atoms with Crippen LogP contribution in [0.1, 0.15) is 31.9 Å². The van der Waals surface area contributed by atoms with Crippen LogP contribution in [0.4, 0.5) is 0 Å². The number of amidine groups is 1. The van der Waals surface area contributed by atoms with E-state index >= 15 is 0 Å². The molecule has 0 aromatic carbocycles. The summed E-state index contributed by atoms with van der Waals surface area (Å²) in [4.78, 5) is 3.96. The van der Waals surface area contributed by atoms with Gasteiger partial charge in [-0.3, -0.25) is 4.98 Å². The molecule has 16 heavy (non-hydrogen) atoms. The zero-order valence-electron chi connectivity index (χ0n) is 9.59. The van der Waals surface area contributed by atoms with Crippen LogP contribution in [0.3, 0.4) is 0 Å². The first-order valence-corrected chi connectivity index (χ1v) is 5.32. The molecule has 5 nitrogen and oxygen atoms in total. The second-order valence-electron chi connectivity index (χ2n) is 3.65. The van der Waals surface area contributed by atoms with E-state index < -0.39 is 0 Å².